The monoisotopic (exact) mass is 303 g/mol. The van der Waals surface area contributed by atoms with Crippen LogP contribution in [0.2, 0.25) is 0 Å². The van der Waals surface area contributed by atoms with Crippen molar-refractivity contribution in [3.8, 4) is 0 Å². The first kappa shape index (κ1) is 16.8. The Morgan fingerprint density at radius 1 is 1.14 bits per heavy atom. The highest BCUT2D eigenvalue weighted by Crippen LogP contribution is 2.34. The summed E-state index contributed by atoms with van der Waals surface area (Å²) in [5.41, 5.74) is 2.06. The molecule has 0 spiro atoms. The maximum atomic E-state index is 5.73. The van der Waals surface area contributed by atoms with Crippen LogP contribution in [-0.4, -0.2) is 14.8 Å². The highest BCUT2D eigenvalue weighted by molar-refractivity contribution is 5.12. The number of aromatic nitrogens is 3. The zero-order valence-corrected chi connectivity index (χ0v) is 14.9. The van der Waals surface area contributed by atoms with Crippen LogP contribution in [0.4, 0.5) is 0 Å². The first-order chi connectivity index (χ1) is 10.2. The maximum absolute atomic E-state index is 5.73. The van der Waals surface area contributed by atoms with Crippen LogP contribution in [0.3, 0.4) is 0 Å². The van der Waals surface area contributed by atoms with Gasteiger partial charge in [0, 0.05) is 23.6 Å². The second-order valence-electron chi connectivity index (χ2n) is 7.54. The van der Waals surface area contributed by atoms with Crippen molar-refractivity contribution < 1.29 is 4.42 Å². The lowest BCUT2D eigenvalue weighted by molar-refractivity contribution is 0.330. The molecule has 0 saturated carbocycles. The molecule has 0 aliphatic heterocycles. The van der Waals surface area contributed by atoms with E-state index in [0.29, 0.717) is 17.9 Å². The molecule has 0 N–H and O–H groups in total. The molecule has 4 nitrogen and oxygen atoms in total. The van der Waals surface area contributed by atoms with E-state index >= 15 is 0 Å². The van der Waals surface area contributed by atoms with Crippen LogP contribution in [0.5, 0.6) is 0 Å². The van der Waals surface area contributed by atoms with Crippen molar-refractivity contribution in [2.24, 2.45) is 0 Å². The average Bonchev–Trinajstić information content (AvgIpc) is 3.08. The van der Waals surface area contributed by atoms with Crippen molar-refractivity contribution in [2.75, 3.05) is 0 Å². The second-order valence-corrected chi connectivity index (χ2v) is 7.54. The molecule has 0 aliphatic rings. The third-order valence-corrected chi connectivity index (χ3v) is 4.17. The van der Waals surface area contributed by atoms with Crippen LogP contribution < -0.4 is 0 Å². The predicted octanol–water partition coefficient (Wildman–Crippen LogP) is 5.05. The molecule has 1 atom stereocenters. The lowest BCUT2D eigenvalue weighted by atomic mass is 9.82. The quantitative estimate of drug-likeness (QED) is 0.750. The van der Waals surface area contributed by atoms with Gasteiger partial charge in [-0.2, -0.15) is 5.10 Å². The van der Waals surface area contributed by atoms with Crippen molar-refractivity contribution in [2.45, 2.75) is 78.2 Å². The predicted molar refractivity (Wildman–Crippen MR) is 89.3 cm³/mol. The molecule has 1 unspecified atom stereocenters. The fraction of sp³-hybridized carbons (Fsp3) is 0.667. The fourth-order valence-corrected chi connectivity index (χ4v) is 2.72. The minimum absolute atomic E-state index is 0.103. The Morgan fingerprint density at radius 3 is 2.32 bits per heavy atom. The fourth-order valence-electron chi connectivity index (χ4n) is 2.72. The molecule has 0 aliphatic carbocycles. The number of oxazole rings is 1. The Bertz CT molecular complexity index is 607. The van der Waals surface area contributed by atoms with Gasteiger partial charge in [0.05, 0.1) is 11.4 Å². The molecule has 2 heterocycles. The molecule has 4 heteroatoms. The van der Waals surface area contributed by atoms with Crippen molar-refractivity contribution in [3.05, 3.63) is 35.8 Å². The van der Waals surface area contributed by atoms with Gasteiger partial charge in [0.25, 0.3) is 0 Å². The van der Waals surface area contributed by atoms with Gasteiger partial charge in [0.15, 0.2) is 5.89 Å². The Morgan fingerprint density at radius 2 is 1.82 bits per heavy atom. The van der Waals surface area contributed by atoms with Gasteiger partial charge in [-0.15, -0.1) is 0 Å². The van der Waals surface area contributed by atoms with Gasteiger partial charge in [-0.25, -0.2) is 4.98 Å². The Kier molecular flexibility index (Phi) is 4.78. The van der Waals surface area contributed by atoms with Crippen molar-refractivity contribution in [3.63, 3.8) is 0 Å². The minimum atomic E-state index is -0.103. The van der Waals surface area contributed by atoms with Crippen molar-refractivity contribution in [1.82, 2.24) is 14.8 Å². The van der Waals surface area contributed by atoms with Crippen molar-refractivity contribution in [1.29, 1.82) is 0 Å². The molecule has 2 aromatic rings. The van der Waals surface area contributed by atoms with E-state index in [1.54, 1.807) is 6.26 Å². The van der Waals surface area contributed by atoms with Gasteiger partial charge in [0.2, 0.25) is 0 Å². The van der Waals surface area contributed by atoms with Gasteiger partial charge >= 0.3 is 0 Å². The SMILES string of the molecule is CC(C)c1coc(C(C)(C)CC(C)c2ccn(C(C)C)n2)n1. The zero-order valence-electron chi connectivity index (χ0n) is 14.9. The summed E-state index contributed by atoms with van der Waals surface area (Å²) in [7, 11) is 0. The molecular weight excluding hydrogens is 274 g/mol. The van der Waals surface area contributed by atoms with E-state index in [2.05, 4.69) is 70.8 Å². The molecular formula is C18H29N3O. The molecule has 22 heavy (non-hydrogen) atoms. The molecule has 0 bridgehead atoms. The zero-order chi connectivity index (χ0) is 16.5. The number of nitrogens with zero attached hydrogens (tertiary/aromatic N) is 3. The molecule has 0 amide bonds. The van der Waals surface area contributed by atoms with Gasteiger partial charge in [-0.3, -0.25) is 4.68 Å². The summed E-state index contributed by atoms with van der Waals surface area (Å²) in [4.78, 5) is 4.67. The standard InChI is InChI=1S/C18H29N3O/c1-12(2)16-11-22-17(19-16)18(6,7)10-14(5)15-8-9-21(20-15)13(3)4/h8-9,11-14H,10H2,1-7H3. The first-order valence-corrected chi connectivity index (χ1v) is 8.21. The van der Waals surface area contributed by atoms with Crippen LogP contribution in [0.1, 0.15) is 90.0 Å². The molecule has 0 saturated heterocycles. The van der Waals surface area contributed by atoms with E-state index in [-0.39, 0.29) is 5.41 Å². The normalized spacial score (nSPS) is 14.0. The lowest BCUT2D eigenvalue weighted by Gasteiger charge is -2.24. The first-order valence-electron chi connectivity index (χ1n) is 8.21. The highest BCUT2D eigenvalue weighted by atomic mass is 16.3. The lowest BCUT2D eigenvalue weighted by Crippen LogP contribution is -2.21. The van der Waals surface area contributed by atoms with E-state index in [9.17, 15) is 0 Å². The third-order valence-electron chi connectivity index (χ3n) is 4.17. The Balaban J connectivity index is 2.12. The number of hydrogen-bond donors (Lipinski definition) is 0. The summed E-state index contributed by atoms with van der Waals surface area (Å²) in [5, 5.41) is 4.69. The molecule has 122 valence electrons. The van der Waals surface area contributed by atoms with Gasteiger partial charge < -0.3 is 4.42 Å². The summed E-state index contributed by atoms with van der Waals surface area (Å²) < 4.78 is 7.75. The van der Waals surface area contributed by atoms with Crippen LogP contribution in [0, 0.1) is 0 Å². The second kappa shape index (κ2) is 6.27. The van der Waals surface area contributed by atoms with Gasteiger partial charge in [-0.05, 0) is 32.3 Å². The summed E-state index contributed by atoms with van der Waals surface area (Å²) in [6.07, 6.45) is 4.81. The van der Waals surface area contributed by atoms with Crippen molar-refractivity contribution >= 4 is 0 Å². The smallest absolute Gasteiger partial charge is 0.199 e. The molecule has 2 rings (SSSR count). The maximum Gasteiger partial charge on any atom is 0.199 e. The van der Waals surface area contributed by atoms with Gasteiger partial charge in [0.1, 0.15) is 6.26 Å². The summed E-state index contributed by atoms with van der Waals surface area (Å²) in [6, 6.07) is 2.52. The summed E-state index contributed by atoms with van der Waals surface area (Å²) in [5.74, 6) is 1.59. The molecule has 2 aromatic heterocycles. The molecule has 0 radical (unpaired) electrons. The Labute approximate surface area is 133 Å². The van der Waals surface area contributed by atoms with Gasteiger partial charge in [-0.1, -0.05) is 34.6 Å². The molecule has 0 fully saturated rings. The van der Waals surface area contributed by atoms with E-state index in [0.717, 1.165) is 23.7 Å². The Hall–Kier alpha value is -1.58. The number of hydrogen-bond acceptors (Lipinski definition) is 3. The van der Waals surface area contributed by atoms with Crippen LogP contribution in [0.15, 0.2) is 22.9 Å². The van der Waals surface area contributed by atoms with E-state index in [1.165, 1.54) is 0 Å². The van der Waals surface area contributed by atoms with E-state index in [1.807, 2.05) is 4.68 Å². The van der Waals surface area contributed by atoms with Crippen LogP contribution in [0.25, 0.3) is 0 Å². The van der Waals surface area contributed by atoms with Crippen LogP contribution >= 0.6 is 0 Å². The third kappa shape index (κ3) is 3.60. The average molecular weight is 303 g/mol. The topological polar surface area (TPSA) is 43.9 Å². The largest absolute Gasteiger partial charge is 0.448 e. The van der Waals surface area contributed by atoms with E-state index in [4.69, 9.17) is 4.42 Å². The van der Waals surface area contributed by atoms with Crippen LogP contribution in [-0.2, 0) is 5.41 Å². The van der Waals surface area contributed by atoms with E-state index < -0.39 is 0 Å². The molecule has 0 aromatic carbocycles. The minimum Gasteiger partial charge on any atom is -0.448 e. The highest BCUT2D eigenvalue weighted by Gasteiger charge is 2.30. The number of rotatable bonds is 6. The summed E-state index contributed by atoms with van der Waals surface area (Å²) >= 11 is 0. The summed E-state index contributed by atoms with van der Waals surface area (Å²) in [6.45, 7) is 15.2.